The van der Waals surface area contributed by atoms with Crippen LogP contribution in [0.5, 0.6) is 0 Å². The number of halogens is 1. The monoisotopic (exact) mass is 533 g/mol. The number of anilines is 1. The van der Waals surface area contributed by atoms with E-state index < -0.39 is 0 Å². The number of rotatable bonds is 7. The second-order valence-corrected chi connectivity index (χ2v) is 10.3. The number of para-hydroxylation sites is 1. The zero-order chi connectivity index (χ0) is 24.3. The zero-order valence-electron chi connectivity index (χ0n) is 20.3. The summed E-state index contributed by atoms with van der Waals surface area (Å²) in [6.07, 6.45) is 3.70. The van der Waals surface area contributed by atoms with Gasteiger partial charge in [-0.2, -0.15) is 0 Å². The Bertz CT molecular complexity index is 1160. The highest BCUT2D eigenvalue weighted by atomic mass is 79.9. The highest BCUT2D eigenvalue weighted by Crippen LogP contribution is 2.32. The molecule has 2 aliphatic rings. The summed E-state index contributed by atoms with van der Waals surface area (Å²) in [5.41, 5.74) is 6.65. The summed E-state index contributed by atoms with van der Waals surface area (Å²) >= 11 is 3.57. The molecule has 0 radical (unpaired) electrons. The van der Waals surface area contributed by atoms with E-state index in [1.54, 1.807) is 0 Å². The minimum Gasteiger partial charge on any atom is -0.347 e. The summed E-state index contributed by atoms with van der Waals surface area (Å²) in [6.45, 7) is 11.7. The molecule has 0 amide bonds. The van der Waals surface area contributed by atoms with Crippen LogP contribution in [0.4, 0.5) is 5.69 Å². The van der Waals surface area contributed by atoms with E-state index >= 15 is 0 Å². The zero-order valence-corrected chi connectivity index (χ0v) is 21.8. The molecule has 0 saturated carbocycles. The molecular formula is C29H32BrN3O2. The molecule has 2 saturated heterocycles. The van der Waals surface area contributed by atoms with Gasteiger partial charge in [0, 0.05) is 55.4 Å². The van der Waals surface area contributed by atoms with Crippen LogP contribution in [-0.2, 0) is 22.6 Å². The number of hydrogen-bond donors (Lipinski definition) is 0. The molecule has 2 aliphatic heterocycles. The lowest BCUT2D eigenvalue weighted by Gasteiger charge is -2.37. The van der Waals surface area contributed by atoms with Gasteiger partial charge in [0.15, 0.2) is 5.79 Å². The summed E-state index contributed by atoms with van der Waals surface area (Å²) in [5.74, 6) is -0.315. The van der Waals surface area contributed by atoms with Crippen molar-refractivity contribution in [2.24, 2.45) is 0 Å². The molecule has 6 heteroatoms. The minimum absolute atomic E-state index is 0.315. The summed E-state index contributed by atoms with van der Waals surface area (Å²) in [7, 11) is 0. The lowest BCUT2D eigenvalue weighted by Crippen LogP contribution is -2.44. The molecule has 0 unspecified atom stereocenters. The van der Waals surface area contributed by atoms with Gasteiger partial charge in [-0.15, -0.1) is 0 Å². The van der Waals surface area contributed by atoms with E-state index in [4.69, 9.17) is 9.47 Å². The highest BCUT2D eigenvalue weighted by molar-refractivity contribution is 9.10. The second kappa shape index (κ2) is 10.6. The Morgan fingerprint density at radius 1 is 1.03 bits per heavy atom. The number of pyridine rings is 1. The molecule has 5 rings (SSSR count). The molecule has 0 N–H and O–H groups in total. The van der Waals surface area contributed by atoms with Crippen LogP contribution in [-0.4, -0.2) is 42.0 Å². The maximum absolute atomic E-state index is 5.87. The van der Waals surface area contributed by atoms with Crippen LogP contribution < -0.4 is 4.90 Å². The van der Waals surface area contributed by atoms with E-state index in [1.165, 1.54) is 16.7 Å². The molecule has 5 nitrogen and oxygen atoms in total. The second-order valence-electron chi connectivity index (χ2n) is 9.38. The van der Waals surface area contributed by atoms with Crippen molar-refractivity contribution in [3.05, 3.63) is 100 Å². The number of aryl methyl sites for hydroxylation is 1. The lowest BCUT2D eigenvalue weighted by atomic mass is 10.0. The van der Waals surface area contributed by atoms with Gasteiger partial charge in [-0.3, -0.25) is 9.88 Å². The lowest BCUT2D eigenvalue weighted by molar-refractivity contribution is -0.185. The normalized spacial score (nSPS) is 17.5. The van der Waals surface area contributed by atoms with E-state index in [1.807, 2.05) is 18.3 Å². The van der Waals surface area contributed by atoms with Crippen molar-refractivity contribution < 1.29 is 9.47 Å². The predicted molar refractivity (Wildman–Crippen MR) is 144 cm³/mol. The van der Waals surface area contributed by atoms with Crippen molar-refractivity contribution in [1.82, 2.24) is 9.88 Å². The average molecular weight is 534 g/mol. The Kier molecular flexibility index (Phi) is 7.35. The van der Waals surface area contributed by atoms with Crippen molar-refractivity contribution in [1.29, 1.82) is 0 Å². The van der Waals surface area contributed by atoms with E-state index in [0.717, 1.165) is 73.8 Å². The largest absolute Gasteiger partial charge is 0.347 e. The van der Waals surface area contributed by atoms with Gasteiger partial charge in [0.2, 0.25) is 0 Å². The van der Waals surface area contributed by atoms with Gasteiger partial charge in [0.25, 0.3) is 0 Å². The maximum Gasteiger partial charge on any atom is 0.170 e. The third kappa shape index (κ3) is 5.67. The van der Waals surface area contributed by atoms with E-state index in [9.17, 15) is 0 Å². The quantitative estimate of drug-likeness (QED) is 0.363. The van der Waals surface area contributed by atoms with Gasteiger partial charge in [0.05, 0.1) is 24.6 Å². The fourth-order valence-corrected chi connectivity index (χ4v) is 5.26. The molecule has 1 spiro atoms. The smallest absolute Gasteiger partial charge is 0.170 e. The Balaban J connectivity index is 1.29. The Morgan fingerprint density at radius 2 is 1.71 bits per heavy atom. The first-order valence-corrected chi connectivity index (χ1v) is 13.0. The third-order valence-corrected chi connectivity index (χ3v) is 7.44. The molecule has 3 heterocycles. The molecule has 182 valence electrons. The van der Waals surface area contributed by atoms with Crippen molar-refractivity contribution in [2.45, 2.75) is 38.6 Å². The van der Waals surface area contributed by atoms with Gasteiger partial charge in [0.1, 0.15) is 0 Å². The average Bonchev–Trinajstić information content (AvgIpc) is 3.33. The number of hydrogen-bond acceptors (Lipinski definition) is 5. The number of nitrogens with zero attached hydrogens (tertiary/aromatic N) is 3. The molecular weight excluding hydrogens is 502 g/mol. The molecule has 35 heavy (non-hydrogen) atoms. The van der Waals surface area contributed by atoms with E-state index in [2.05, 4.69) is 92.7 Å². The number of ether oxygens (including phenoxy) is 2. The van der Waals surface area contributed by atoms with Gasteiger partial charge >= 0.3 is 0 Å². The van der Waals surface area contributed by atoms with Crippen LogP contribution in [0.3, 0.4) is 0 Å². The van der Waals surface area contributed by atoms with Crippen LogP contribution in [0.1, 0.15) is 35.2 Å². The first kappa shape index (κ1) is 24.2. The highest BCUT2D eigenvalue weighted by Gasteiger charge is 2.39. The first-order chi connectivity index (χ1) is 17.0. The minimum atomic E-state index is -0.315. The fraction of sp³-hybridized carbons (Fsp3) is 0.345. The summed E-state index contributed by atoms with van der Waals surface area (Å²) < 4.78 is 12.7. The molecule has 0 atom stereocenters. The van der Waals surface area contributed by atoms with Crippen molar-refractivity contribution in [3.63, 3.8) is 0 Å². The van der Waals surface area contributed by atoms with Crippen LogP contribution >= 0.6 is 15.9 Å². The number of likely N-dealkylation sites (tertiary alicyclic amines) is 1. The molecule has 0 bridgehead atoms. The van der Waals surface area contributed by atoms with E-state index in [-0.39, 0.29) is 5.79 Å². The molecule has 1 aromatic heterocycles. The topological polar surface area (TPSA) is 37.8 Å². The number of piperidine rings is 1. The number of benzene rings is 2. The standard InChI is InChI=1S/C29H32BrN3O2/c1-22-5-3-4-6-28(22)33(23(2)27-19-26(30)11-14-31-27)21-25-9-7-24(8-10-25)20-32-15-12-29(13-16-32)34-17-18-35-29/h3-11,14,19H,2,12-13,15-18,20-21H2,1H3. The van der Waals surface area contributed by atoms with Crippen LogP contribution in [0.2, 0.25) is 0 Å². The van der Waals surface area contributed by atoms with Gasteiger partial charge in [-0.05, 0) is 41.8 Å². The van der Waals surface area contributed by atoms with Crippen molar-refractivity contribution in [3.8, 4) is 0 Å². The van der Waals surface area contributed by atoms with Gasteiger partial charge in [-0.25, -0.2) is 0 Å². The number of aromatic nitrogens is 1. The summed E-state index contributed by atoms with van der Waals surface area (Å²) in [4.78, 5) is 9.31. The SMILES string of the molecule is C=C(c1cc(Br)ccn1)N(Cc1ccc(CN2CCC3(CC2)OCCO3)cc1)c1ccccc1C. The molecule has 2 fully saturated rings. The van der Waals surface area contributed by atoms with Crippen LogP contribution in [0.15, 0.2) is 77.9 Å². The first-order valence-electron chi connectivity index (χ1n) is 12.2. The Hall–Kier alpha value is -2.51. The maximum atomic E-state index is 5.87. The predicted octanol–water partition coefficient (Wildman–Crippen LogP) is 6.17. The molecule has 0 aliphatic carbocycles. The molecule has 3 aromatic rings. The van der Waals surface area contributed by atoms with E-state index in [0.29, 0.717) is 0 Å². The third-order valence-electron chi connectivity index (χ3n) is 6.95. The van der Waals surface area contributed by atoms with Crippen LogP contribution in [0.25, 0.3) is 5.70 Å². The summed E-state index contributed by atoms with van der Waals surface area (Å²) in [5, 5.41) is 0. The Morgan fingerprint density at radius 3 is 2.40 bits per heavy atom. The summed E-state index contributed by atoms with van der Waals surface area (Å²) in [6, 6.07) is 21.3. The van der Waals surface area contributed by atoms with Crippen LogP contribution in [0, 0.1) is 6.92 Å². The van der Waals surface area contributed by atoms with Gasteiger partial charge in [-0.1, -0.05) is 65.0 Å². The Labute approximate surface area is 216 Å². The van der Waals surface area contributed by atoms with Crippen molar-refractivity contribution in [2.75, 3.05) is 31.2 Å². The fourth-order valence-electron chi connectivity index (χ4n) is 4.92. The molecule has 2 aromatic carbocycles. The van der Waals surface area contributed by atoms with Gasteiger partial charge < -0.3 is 14.4 Å². The van der Waals surface area contributed by atoms with Crippen molar-refractivity contribution >= 4 is 27.3 Å².